The first-order valence-corrected chi connectivity index (χ1v) is 34.1. The van der Waals surface area contributed by atoms with Crippen LogP contribution in [0.4, 0.5) is 34.1 Å². The maximum atomic E-state index is 5.75. The highest BCUT2D eigenvalue weighted by atomic mass is 15.2. The summed E-state index contributed by atoms with van der Waals surface area (Å²) in [7, 11) is 0. The van der Waals surface area contributed by atoms with E-state index in [1.807, 2.05) is 78.9 Å². The molecule has 0 unspecified atom stereocenters. The lowest BCUT2D eigenvalue weighted by molar-refractivity contribution is 1.06. The van der Waals surface area contributed by atoms with Gasteiger partial charge < -0.3 is 18.9 Å². The van der Waals surface area contributed by atoms with Gasteiger partial charge in [-0.3, -0.25) is 0 Å². The van der Waals surface area contributed by atoms with E-state index in [1.54, 1.807) is 0 Å². The second-order valence-corrected chi connectivity index (χ2v) is 25.7. The number of nitrogens with zero attached hydrogens (tertiary/aromatic N) is 10. The minimum atomic E-state index is -0.0677. The molecule has 101 heavy (non-hydrogen) atoms. The van der Waals surface area contributed by atoms with E-state index >= 15 is 0 Å². The summed E-state index contributed by atoms with van der Waals surface area (Å²) in [5.74, 6) is 3.14. The van der Waals surface area contributed by atoms with Crippen LogP contribution in [-0.4, -0.2) is 45.8 Å². The molecule has 0 saturated carbocycles. The molecule has 2 aliphatic rings. The minimum absolute atomic E-state index is 0.0677. The number of fused-ring (bicyclic) bond motifs is 10. The predicted octanol–water partition coefficient (Wildman–Crippen LogP) is 20.0. The topological polar surface area (TPSA) is 93.7 Å². The second kappa shape index (κ2) is 23.6. The van der Waals surface area contributed by atoms with Crippen molar-refractivity contribution in [3.8, 4) is 90.8 Å². The molecule has 0 bridgehead atoms. The molecule has 0 spiro atoms. The third kappa shape index (κ3) is 9.50. The first-order valence-electron chi connectivity index (χ1n) is 34.1. The number of hydrogen-bond donors (Lipinski definition) is 0. The maximum absolute atomic E-state index is 5.75. The Hall–Kier alpha value is -13.6. The summed E-state index contributed by atoms with van der Waals surface area (Å²) in [5, 5.41) is 4.59. The average molecular weight is 1290 g/mol. The monoisotopic (exact) mass is 1290 g/mol. The zero-order valence-corrected chi connectivity index (χ0v) is 54.5. The van der Waals surface area contributed by atoms with Gasteiger partial charge >= 0.3 is 0 Å². The van der Waals surface area contributed by atoms with Crippen molar-refractivity contribution >= 4 is 101 Å². The van der Waals surface area contributed by atoms with E-state index < -0.39 is 0 Å². The van der Waals surface area contributed by atoms with Crippen LogP contribution in [0, 0.1) is 0 Å². The van der Waals surface area contributed by atoms with Crippen LogP contribution in [0.2, 0.25) is 0 Å². The van der Waals surface area contributed by atoms with Crippen molar-refractivity contribution < 1.29 is 0 Å². The normalized spacial score (nSPS) is 12.3. The lowest BCUT2D eigenvalue weighted by Crippen LogP contribution is -2.61. The molecule has 0 amide bonds. The van der Waals surface area contributed by atoms with Crippen LogP contribution >= 0.6 is 0 Å². The maximum Gasteiger partial charge on any atom is 0.252 e. The number of hydrogen-bond acceptors (Lipinski definition) is 8. The van der Waals surface area contributed by atoms with Crippen molar-refractivity contribution in [2.45, 2.75) is 0 Å². The molecule has 0 atom stereocenters. The summed E-state index contributed by atoms with van der Waals surface area (Å²) >= 11 is 0. The molecule has 0 aliphatic carbocycles. The van der Waals surface area contributed by atoms with Crippen LogP contribution < -0.4 is 26.2 Å². The van der Waals surface area contributed by atoms with Gasteiger partial charge in [0.1, 0.15) is 0 Å². The summed E-state index contributed by atoms with van der Waals surface area (Å²) in [5.41, 5.74) is 23.7. The van der Waals surface area contributed by atoms with E-state index in [-0.39, 0.29) is 6.71 Å². The van der Waals surface area contributed by atoms with E-state index in [9.17, 15) is 0 Å². The van der Waals surface area contributed by atoms with Gasteiger partial charge in [-0.05, 0) is 125 Å². The molecular formula is C90H57BN10. The number of rotatable bonds is 11. The zero-order chi connectivity index (χ0) is 66.5. The van der Waals surface area contributed by atoms with Gasteiger partial charge in [-0.2, -0.15) is 0 Å². The van der Waals surface area contributed by atoms with Crippen LogP contribution in [0.5, 0.6) is 0 Å². The highest BCUT2D eigenvalue weighted by molar-refractivity contribution is 7.00. The van der Waals surface area contributed by atoms with Crippen molar-refractivity contribution in [1.82, 2.24) is 39.0 Å². The molecule has 4 aromatic heterocycles. The molecule has 14 aromatic carbocycles. The molecule has 20 rings (SSSR count). The fourth-order valence-electron chi connectivity index (χ4n) is 15.6. The van der Waals surface area contributed by atoms with Crippen molar-refractivity contribution in [2.24, 2.45) is 0 Å². The van der Waals surface area contributed by atoms with Crippen molar-refractivity contribution in [3.05, 3.63) is 346 Å². The van der Waals surface area contributed by atoms with Gasteiger partial charge in [-0.25, -0.2) is 29.9 Å². The molecule has 0 fully saturated rings. The molecule has 18 aromatic rings. The van der Waals surface area contributed by atoms with Crippen molar-refractivity contribution in [1.29, 1.82) is 0 Å². The molecule has 10 nitrogen and oxygen atoms in total. The summed E-state index contributed by atoms with van der Waals surface area (Å²) in [6.07, 6.45) is 0. The molecule has 6 heterocycles. The van der Waals surface area contributed by atoms with Gasteiger partial charge in [-0.1, -0.05) is 243 Å². The van der Waals surface area contributed by atoms with E-state index in [4.69, 9.17) is 29.9 Å². The van der Waals surface area contributed by atoms with Gasteiger partial charge in [0, 0.05) is 94.6 Å². The lowest BCUT2D eigenvalue weighted by atomic mass is 9.33. The third-order valence-corrected chi connectivity index (χ3v) is 20.0. The summed E-state index contributed by atoms with van der Waals surface area (Å²) in [6.45, 7) is -0.0677. The van der Waals surface area contributed by atoms with E-state index in [0.29, 0.717) is 34.9 Å². The van der Waals surface area contributed by atoms with Gasteiger partial charge in [0.05, 0.1) is 33.4 Å². The molecule has 0 N–H and O–H groups in total. The summed E-state index contributed by atoms with van der Waals surface area (Å²) < 4.78 is 4.78. The molecular weight excluding hydrogens is 1230 g/mol. The molecule has 470 valence electrons. The average Bonchev–Trinajstić information content (AvgIpc) is 0.860. The lowest BCUT2D eigenvalue weighted by Gasteiger charge is -2.45. The molecule has 2 aliphatic heterocycles. The summed E-state index contributed by atoms with van der Waals surface area (Å²) in [4.78, 5) is 37.5. The van der Waals surface area contributed by atoms with Gasteiger partial charge in [0.15, 0.2) is 34.9 Å². The number of para-hydroxylation sites is 7. The minimum Gasteiger partial charge on any atom is -0.311 e. The van der Waals surface area contributed by atoms with Crippen molar-refractivity contribution in [3.63, 3.8) is 0 Å². The Kier molecular flexibility index (Phi) is 13.4. The fourth-order valence-corrected chi connectivity index (χ4v) is 15.6. The molecule has 0 saturated heterocycles. The predicted molar refractivity (Wildman–Crippen MR) is 414 cm³/mol. The van der Waals surface area contributed by atoms with Crippen LogP contribution in [-0.2, 0) is 0 Å². The van der Waals surface area contributed by atoms with Gasteiger partial charge in [0.2, 0.25) is 0 Å². The Labute approximate surface area is 582 Å². The quantitative estimate of drug-likeness (QED) is 0.118. The third-order valence-electron chi connectivity index (χ3n) is 20.0. The van der Waals surface area contributed by atoms with E-state index in [2.05, 4.69) is 286 Å². The smallest absolute Gasteiger partial charge is 0.252 e. The fraction of sp³-hybridized carbons (Fsp3) is 0. The van der Waals surface area contributed by atoms with Gasteiger partial charge in [-0.15, -0.1) is 0 Å². The second-order valence-electron chi connectivity index (χ2n) is 25.7. The Morgan fingerprint density at radius 3 is 1.19 bits per heavy atom. The van der Waals surface area contributed by atoms with Crippen LogP contribution in [0.1, 0.15) is 0 Å². The Bertz CT molecular complexity index is 6220. The summed E-state index contributed by atoms with van der Waals surface area (Å²) in [6, 6.07) is 123. The standard InChI is InChI=1S/C90H57BN10/c1-7-28-58(29-8-1)85-92-86(59-30-9-2-10-31-59)94-89(93-85)63-50-52-77(101-76-47-24-20-43-69(76)71-56-70-68-42-19-23-46-75(68)98(81(70)57-82(71)101)64-36-13-4-14-37-64)72(55-63)90-96-87(60-32-11-3-12-33-60)95-88(97-90)62-35-27-34-61(54-62)67-51-53-80-83-84(67)100(66-40-17-6-18-41-66)79-49-26-22-45-74(79)91(83)73-44-21-25-48-78(73)99(80)65-38-15-5-16-39-65/h1-57H. The Morgan fingerprint density at radius 2 is 0.624 bits per heavy atom. The molecule has 11 heteroatoms. The zero-order valence-electron chi connectivity index (χ0n) is 54.5. The Balaban J connectivity index is 0.838. The van der Waals surface area contributed by atoms with Crippen LogP contribution in [0.15, 0.2) is 346 Å². The Morgan fingerprint density at radius 1 is 0.218 bits per heavy atom. The van der Waals surface area contributed by atoms with Crippen LogP contribution in [0.3, 0.4) is 0 Å². The van der Waals surface area contributed by atoms with E-state index in [1.165, 1.54) is 27.2 Å². The largest absolute Gasteiger partial charge is 0.311 e. The highest BCUT2D eigenvalue weighted by Gasteiger charge is 2.44. The van der Waals surface area contributed by atoms with Gasteiger partial charge in [0.25, 0.3) is 6.71 Å². The van der Waals surface area contributed by atoms with Crippen LogP contribution in [0.25, 0.3) is 134 Å². The number of benzene rings is 14. The van der Waals surface area contributed by atoms with Crippen molar-refractivity contribution in [2.75, 3.05) is 9.80 Å². The molecule has 0 radical (unpaired) electrons. The first kappa shape index (κ1) is 57.6. The SMILES string of the molecule is c1ccc(-c2nc(-c3ccccc3)nc(-c3ccc(-n4c5ccccc5c5cc6c7ccccc7n(-c7ccccc7)c6cc54)c(-c4nc(-c5ccccc5)nc(-c5cccc(-c6ccc7c8c6N(c6ccccc6)c6ccccc6B8c6ccccc6N7c6ccccc6)c5)n4)c3)n2)cc1. The number of aromatic nitrogens is 8. The van der Waals surface area contributed by atoms with E-state index in [0.717, 1.165) is 123 Å². The first-order chi connectivity index (χ1) is 50.1. The number of anilines is 6. The highest BCUT2D eigenvalue weighted by Crippen LogP contribution is 2.49.